The quantitative estimate of drug-likeness (QED) is 0.793. The number of halogens is 1. The van der Waals surface area contributed by atoms with Crippen molar-refractivity contribution in [3.05, 3.63) is 40.8 Å². The highest BCUT2D eigenvalue weighted by molar-refractivity contribution is 6.33. The summed E-state index contributed by atoms with van der Waals surface area (Å²) in [6.45, 7) is 2.33. The van der Waals surface area contributed by atoms with Gasteiger partial charge < -0.3 is 10.3 Å². The van der Waals surface area contributed by atoms with Gasteiger partial charge in [0.05, 0.1) is 16.3 Å². The third kappa shape index (κ3) is 2.59. The van der Waals surface area contributed by atoms with E-state index in [4.69, 9.17) is 21.9 Å². The van der Waals surface area contributed by atoms with Gasteiger partial charge in [0.2, 0.25) is 0 Å². The van der Waals surface area contributed by atoms with E-state index in [1.54, 1.807) is 10.7 Å². The molecule has 8 heteroatoms. The first kappa shape index (κ1) is 13.6. The zero-order valence-corrected chi connectivity index (χ0v) is 12.1. The Balaban J connectivity index is 1.87. The lowest BCUT2D eigenvalue weighted by atomic mass is 10.2. The van der Waals surface area contributed by atoms with E-state index in [-0.39, 0.29) is 0 Å². The van der Waals surface area contributed by atoms with E-state index in [0.717, 1.165) is 12.1 Å². The Bertz CT molecular complexity index is 766. The van der Waals surface area contributed by atoms with Crippen LogP contribution < -0.4 is 5.73 Å². The summed E-state index contributed by atoms with van der Waals surface area (Å²) >= 11 is 6.11. The smallest absolute Gasteiger partial charge is 0.259 e. The van der Waals surface area contributed by atoms with Crippen molar-refractivity contribution in [1.82, 2.24) is 25.1 Å². The van der Waals surface area contributed by atoms with E-state index in [2.05, 4.69) is 20.5 Å². The Kier molecular flexibility index (Phi) is 3.57. The normalized spacial score (nSPS) is 11.0. The Morgan fingerprint density at radius 2 is 2.14 bits per heavy atom. The number of hydrogen-bond donors (Lipinski definition) is 1. The monoisotopic (exact) mass is 304 g/mol. The van der Waals surface area contributed by atoms with Crippen LogP contribution >= 0.6 is 11.6 Å². The van der Waals surface area contributed by atoms with Crippen molar-refractivity contribution in [2.24, 2.45) is 0 Å². The van der Waals surface area contributed by atoms with Gasteiger partial charge in [0.15, 0.2) is 11.6 Å². The maximum absolute atomic E-state index is 6.11. The molecule has 2 aromatic heterocycles. The fraction of sp³-hybridized carbons (Fsp3) is 0.231. The lowest BCUT2D eigenvalue weighted by molar-refractivity contribution is 0.417. The molecule has 0 radical (unpaired) electrons. The lowest BCUT2D eigenvalue weighted by Gasteiger charge is -2.00. The van der Waals surface area contributed by atoms with Crippen molar-refractivity contribution < 1.29 is 4.52 Å². The summed E-state index contributed by atoms with van der Waals surface area (Å²) in [5, 5.41) is 12.3. The highest BCUT2D eigenvalue weighted by Gasteiger charge is 2.14. The maximum atomic E-state index is 6.11. The number of anilines is 1. The van der Waals surface area contributed by atoms with Crippen LogP contribution in [-0.2, 0) is 13.0 Å². The van der Waals surface area contributed by atoms with Crippen LogP contribution in [0.1, 0.15) is 18.4 Å². The molecule has 0 saturated carbocycles. The molecule has 3 aromatic rings. The van der Waals surface area contributed by atoms with Crippen LogP contribution in [-0.4, -0.2) is 25.1 Å². The van der Waals surface area contributed by atoms with E-state index in [9.17, 15) is 0 Å². The molecule has 2 N–H and O–H groups in total. The van der Waals surface area contributed by atoms with Crippen LogP contribution in [0.2, 0.25) is 5.02 Å². The molecule has 0 aliphatic heterocycles. The summed E-state index contributed by atoms with van der Waals surface area (Å²) in [6, 6.07) is 7.30. The summed E-state index contributed by atoms with van der Waals surface area (Å²) in [5.74, 6) is 1.29. The van der Waals surface area contributed by atoms with Crippen molar-refractivity contribution in [3.8, 4) is 11.5 Å². The van der Waals surface area contributed by atoms with Gasteiger partial charge in [-0.2, -0.15) is 4.98 Å². The number of nitrogens with two attached hydrogens (primary N) is 1. The van der Waals surface area contributed by atoms with Crippen LogP contribution in [0.15, 0.2) is 28.8 Å². The van der Waals surface area contributed by atoms with Crippen LogP contribution in [0.4, 0.5) is 5.82 Å². The second-order valence-corrected chi connectivity index (χ2v) is 4.84. The fourth-order valence-corrected chi connectivity index (χ4v) is 2.25. The SMILES string of the molecule is CCc1c(N)nnn1Cc1noc(-c2ccccc2Cl)n1. The molecule has 0 atom stereocenters. The van der Waals surface area contributed by atoms with E-state index >= 15 is 0 Å². The van der Waals surface area contributed by atoms with Gasteiger partial charge in [-0.25, -0.2) is 4.68 Å². The first-order valence-corrected chi connectivity index (χ1v) is 6.82. The molecule has 7 nitrogen and oxygen atoms in total. The number of benzene rings is 1. The first-order valence-electron chi connectivity index (χ1n) is 6.44. The average molecular weight is 305 g/mol. The van der Waals surface area contributed by atoms with Crippen LogP contribution in [0.5, 0.6) is 0 Å². The Labute approximate surface area is 125 Å². The molecular weight excluding hydrogens is 292 g/mol. The minimum absolute atomic E-state index is 0.349. The topological polar surface area (TPSA) is 95.7 Å². The second kappa shape index (κ2) is 5.53. The van der Waals surface area contributed by atoms with Gasteiger partial charge in [-0.05, 0) is 18.6 Å². The predicted molar refractivity (Wildman–Crippen MR) is 77.7 cm³/mol. The number of nitrogen functional groups attached to an aromatic ring is 1. The van der Waals surface area contributed by atoms with Gasteiger partial charge in [-0.15, -0.1) is 5.10 Å². The largest absolute Gasteiger partial charge is 0.381 e. The zero-order chi connectivity index (χ0) is 14.8. The van der Waals surface area contributed by atoms with Crippen molar-refractivity contribution in [2.75, 3.05) is 5.73 Å². The van der Waals surface area contributed by atoms with E-state index in [0.29, 0.717) is 34.7 Å². The van der Waals surface area contributed by atoms with Crippen molar-refractivity contribution in [3.63, 3.8) is 0 Å². The number of aromatic nitrogens is 5. The number of hydrogen-bond acceptors (Lipinski definition) is 6. The lowest BCUT2D eigenvalue weighted by Crippen LogP contribution is -2.08. The van der Waals surface area contributed by atoms with Crippen molar-refractivity contribution in [2.45, 2.75) is 19.9 Å². The van der Waals surface area contributed by atoms with Crippen LogP contribution in [0.25, 0.3) is 11.5 Å². The molecule has 0 fully saturated rings. The van der Waals surface area contributed by atoms with Gasteiger partial charge in [0.25, 0.3) is 5.89 Å². The van der Waals surface area contributed by atoms with Crippen molar-refractivity contribution in [1.29, 1.82) is 0 Å². The molecule has 108 valence electrons. The molecule has 0 aliphatic carbocycles. The highest BCUT2D eigenvalue weighted by atomic mass is 35.5. The Morgan fingerprint density at radius 1 is 1.33 bits per heavy atom. The molecule has 2 heterocycles. The van der Waals surface area contributed by atoms with Crippen molar-refractivity contribution >= 4 is 17.4 Å². The minimum Gasteiger partial charge on any atom is -0.381 e. The molecule has 0 spiro atoms. The molecule has 0 unspecified atom stereocenters. The second-order valence-electron chi connectivity index (χ2n) is 4.43. The standard InChI is InChI=1S/C13H13ClN6O/c1-2-10-12(15)17-19-20(10)7-11-16-13(21-18-11)8-5-3-4-6-9(8)14/h3-6H,2,7,15H2,1H3. The van der Waals surface area contributed by atoms with Gasteiger partial charge >= 0.3 is 0 Å². The van der Waals surface area contributed by atoms with E-state index in [1.807, 2.05) is 25.1 Å². The Hall–Kier alpha value is -2.41. The maximum Gasteiger partial charge on any atom is 0.259 e. The zero-order valence-electron chi connectivity index (χ0n) is 11.3. The molecular formula is C13H13ClN6O. The third-order valence-electron chi connectivity index (χ3n) is 3.07. The molecule has 0 bridgehead atoms. The Morgan fingerprint density at radius 3 is 2.90 bits per heavy atom. The van der Waals surface area contributed by atoms with E-state index in [1.165, 1.54) is 0 Å². The minimum atomic E-state index is 0.349. The number of nitrogens with zero attached hydrogens (tertiary/aromatic N) is 5. The van der Waals surface area contributed by atoms with Gasteiger partial charge in [-0.3, -0.25) is 0 Å². The van der Waals surface area contributed by atoms with Gasteiger partial charge in [0.1, 0.15) is 6.54 Å². The van der Waals surface area contributed by atoms with E-state index < -0.39 is 0 Å². The molecule has 0 aliphatic rings. The summed E-state index contributed by atoms with van der Waals surface area (Å²) < 4.78 is 6.91. The molecule has 0 amide bonds. The van der Waals surface area contributed by atoms with Crippen LogP contribution in [0.3, 0.4) is 0 Å². The highest BCUT2D eigenvalue weighted by Crippen LogP contribution is 2.25. The summed E-state index contributed by atoms with van der Waals surface area (Å²) in [6.07, 6.45) is 0.730. The summed E-state index contributed by atoms with van der Waals surface area (Å²) in [5.41, 5.74) is 7.29. The fourth-order valence-electron chi connectivity index (χ4n) is 2.03. The molecule has 21 heavy (non-hydrogen) atoms. The molecule has 1 aromatic carbocycles. The number of rotatable bonds is 4. The molecule has 0 saturated heterocycles. The summed E-state index contributed by atoms with van der Waals surface area (Å²) in [4.78, 5) is 4.33. The summed E-state index contributed by atoms with van der Waals surface area (Å²) in [7, 11) is 0. The van der Waals surface area contributed by atoms with Gasteiger partial charge in [-0.1, -0.05) is 41.0 Å². The predicted octanol–water partition coefficient (Wildman–Crippen LogP) is 2.17. The molecule has 3 rings (SSSR count). The average Bonchev–Trinajstić information content (AvgIpc) is 3.07. The van der Waals surface area contributed by atoms with Crippen LogP contribution in [0, 0.1) is 0 Å². The van der Waals surface area contributed by atoms with Gasteiger partial charge in [0, 0.05) is 0 Å². The third-order valence-corrected chi connectivity index (χ3v) is 3.40. The first-order chi connectivity index (χ1) is 10.2.